The van der Waals surface area contributed by atoms with Crippen LogP contribution in [0.4, 0.5) is 0 Å². The van der Waals surface area contributed by atoms with Crippen LogP contribution in [0.3, 0.4) is 0 Å². The van der Waals surface area contributed by atoms with Crippen molar-refractivity contribution in [3.05, 3.63) is 24.2 Å². The molecule has 0 aliphatic heterocycles. The molecule has 0 unspecified atom stereocenters. The fourth-order valence-corrected chi connectivity index (χ4v) is 0.463. The van der Waals surface area contributed by atoms with Crippen LogP contribution in [0.15, 0.2) is 16.7 Å². The minimum Gasteiger partial charge on any atom is -0.573 e. The van der Waals surface area contributed by atoms with Gasteiger partial charge in [-0.25, -0.2) is 6.07 Å². The summed E-state index contributed by atoms with van der Waals surface area (Å²) >= 11 is 0. The second kappa shape index (κ2) is 4.76. The molecule has 0 spiro atoms. The molecular weight excluding hydrogens is 127 g/mol. The second-order valence-corrected chi connectivity index (χ2v) is 1.34. The monoisotopic (exact) mass is 134 g/mol. The van der Waals surface area contributed by atoms with Crippen LogP contribution in [0.1, 0.15) is 12.7 Å². The van der Waals surface area contributed by atoms with E-state index in [0.717, 1.165) is 12.2 Å². The SMILES string of the molecule is CCc1[c-]cco1.[K+]. The molecule has 1 aromatic rings. The maximum Gasteiger partial charge on any atom is 1.00 e. The molecule has 0 aliphatic carbocycles. The van der Waals surface area contributed by atoms with E-state index in [2.05, 4.69) is 6.07 Å². The summed E-state index contributed by atoms with van der Waals surface area (Å²) in [6.07, 6.45) is 2.58. The van der Waals surface area contributed by atoms with E-state index in [-0.39, 0.29) is 51.4 Å². The van der Waals surface area contributed by atoms with Crippen LogP contribution < -0.4 is 51.4 Å². The first-order chi connectivity index (χ1) is 3.43. The van der Waals surface area contributed by atoms with Gasteiger partial charge in [-0.2, -0.15) is 6.07 Å². The smallest absolute Gasteiger partial charge is 0.573 e. The molecular formula is C6H7KO. The van der Waals surface area contributed by atoms with Crippen LogP contribution in [0.2, 0.25) is 0 Å². The normalized spacial score (nSPS) is 8.12. The molecule has 8 heavy (non-hydrogen) atoms. The Bertz CT molecular complexity index is 123. The van der Waals surface area contributed by atoms with Gasteiger partial charge in [0.25, 0.3) is 0 Å². The molecule has 1 aromatic heterocycles. The Hall–Kier alpha value is 0.916. The zero-order chi connectivity index (χ0) is 5.11. The molecule has 0 N–H and O–H groups in total. The van der Waals surface area contributed by atoms with Gasteiger partial charge in [0, 0.05) is 0 Å². The zero-order valence-corrected chi connectivity index (χ0v) is 8.39. The summed E-state index contributed by atoms with van der Waals surface area (Å²) in [7, 11) is 0. The van der Waals surface area contributed by atoms with E-state index in [0.29, 0.717) is 0 Å². The minimum atomic E-state index is 0. The Morgan fingerprint density at radius 2 is 2.50 bits per heavy atom. The number of hydrogen-bond acceptors (Lipinski definition) is 1. The predicted octanol–water partition coefficient (Wildman–Crippen LogP) is -1.35. The van der Waals surface area contributed by atoms with E-state index in [1.165, 1.54) is 0 Å². The predicted molar refractivity (Wildman–Crippen MR) is 26.9 cm³/mol. The Labute approximate surface area is 91.9 Å². The van der Waals surface area contributed by atoms with Crippen molar-refractivity contribution in [2.24, 2.45) is 0 Å². The van der Waals surface area contributed by atoms with Crippen molar-refractivity contribution in [1.82, 2.24) is 0 Å². The largest absolute Gasteiger partial charge is 1.00 e. The maximum atomic E-state index is 4.93. The first-order valence-corrected chi connectivity index (χ1v) is 2.37. The van der Waals surface area contributed by atoms with Gasteiger partial charge in [0.05, 0.1) is 0 Å². The average molecular weight is 134 g/mol. The van der Waals surface area contributed by atoms with Crippen LogP contribution in [0.5, 0.6) is 0 Å². The van der Waals surface area contributed by atoms with E-state index in [4.69, 9.17) is 4.42 Å². The summed E-state index contributed by atoms with van der Waals surface area (Å²) in [6, 6.07) is 4.70. The summed E-state index contributed by atoms with van der Waals surface area (Å²) in [5.41, 5.74) is 0. The molecule has 2 heteroatoms. The van der Waals surface area contributed by atoms with E-state index >= 15 is 0 Å². The summed E-state index contributed by atoms with van der Waals surface area (Å²) in [5, 5.41) is 0. The van der Waals surface area contributed by atoms with Gasteiger partial charge in [-0.3, -0.25) is 0 Å². The van der Waals surface area contributed by atoms with Crippen molar-refractivity contribution in [2.45, 2.75) is 13.3 Å². The molecule has 1 heterocycles. The van der Waals surface area contributed by atoms with Crippen LogP contribution in [-0.2, 0) is 6.42 Å². The van der Waals surface area contributed by atoms with Gasteiger partial charge >= 0.3 is 51.4 Å². The zero-order valence-electron chi connectivity index (χ0n) is 5.27. The molecule has 0 saturated carbocycles. The third-order valence-electron chi connectivity index (χ3n) is 0.844. The Kier molecular flexibility index (Phi) is 5.31. The van der Waals surface area contributed by atoms with Crippen molar-refractivity contribution in [3.8, 4) is 0 Å². The van der Waals surface area contributed by atoms with Crippen LogP contribution in [-0.4, -0.2) is 0 Å². The minimum absolute atomic E-state index is 0. The topological polar surface area (TPSA) is 13.1 Å². The average Bonchev–Trinajstić information content (AvgIpc) is 2.14. The second-order valence-electron chi connectivity index (χ2n) is 1.34. The van der Waals surface area contributed by atoms with E-state index in [9.17, 15) is 0 Å². The van der Waals surface area contributed by atoms with Gasteiger partial charge in [-0.15, -0.1) is 0 Å². The molecule has 1 nitrogen and oxygen atoms in total. The molecule has 0 amide bonds. The molecule has 0 radical (unpaired) electrons. The van der Waals surface area contributed by atoms with Crippen molar-refractivity contribution in [2.75, 3.05) is 0 Å². The van der Waals surface area contributed by atoms with Crippen LogP contribution >= 0.6 is 0 Å². The standard InChI is InChI=1S/C6H7O.K/c1-2-6-4-3-5-7-6;/h3,5H,2H2,1H3;/q-1;+1. The summed E-state index contributed by atoms with van der Waals surface area (Å²) in [4.78, 5) is 0. The van der Waals surface area contributed by atoms with E-state index < -0.39 is 0 Å². The fourth-order valence-electron chi connectivity index (χ4n) is 0.463. The molecule has 0 atom stereocenters. The third-order valence-corrected chi connectivity index (χ3v) is 0.844. The van der Waals surface area contributed by atoms with Crippen LogP contribution in [0.25, 0.3) is 0 Å². The van der Waals surface area contributed by atoms with Gasteiger partial charge < -0.3 is 4.42 Å². The van der Waals surface area contributed by atoms with E-state index in [1.54, 1.807) is 12.3 Å². The Morgan fingerprint density at radius 1 is 1.75 bits per heavy atom. The number of hydrogen-bond donors (Lipinski definition) is 0. The van der Waals surface area contributed by atoms with Gasteiger partial charge in [0.15, 0.2) is 0 Å². The summed E-state index contributed by atoms with van der Waals surface area (Å²) in [6.45, 7) is 2.04. The third kappa shape index (κ3) is 2.46. The van der Waals surface area contributed by atoms with E-state index in [1.807, 2.05) is 6.92 Å². The van der Waals surface area contributed by atoms with Gasteiger partial charge in [0.1, 0.15) is 0 Å². The number of furan rings is 1. The Morgan fingerprint density at radius 3 is 2.75 bits per heavy atom. The molecule has 1 rings (SSSR count). The Balaban J connectivity index is 0.000000490. The van der Waals surface area contributed by atoms with Crippen molar-refractivity contribution >= 4 is 0 Å². The van der Waals surface area contributed by atoms with Crippen LogP contribution in [0, 0.1) is 6.07 Å². The fraction of sp³-hybridized carbons (Fsp3) is 0.333. The first-order valence-electron chi connectivity index (χ1n) is 2.37. The maximum absolute atomic E-state index is 4.93. The molecule has 0 aliphatic rings. The molecule has 0 aromatic carbocycles. The molecule has 0 bridgehead atoms. The molecule has 38 valence electrons. The quantitative estimate of drug-likeness (QED) is 0.342. The van der Waals surface area contributed by atoms with Gasteiger partial charge in [-0.05, 0) is 12.2 Å². The van der Waals surface area contributed by atoms with Crippen molar-refractivity contribution in [1.29, 1.82) is 0 Å². The molecule has 0 saturated heterocycles. The van der Waals surface area contributed by atoms with Gasteiger partial charge in [-0.1, -0.05) is 13.2 Å². The summed E-state index contributed by atoms with van der Waals surface area (Å²) in [5.74, 6) is 0.931. The van der Waals surface area contributed by atoms with Crippen molar-refractivity contribution in [3.63, 3.8) is 0 Å². The number of rotatable bonds is 1. The molecule has 0 fully saturated rings. The van der Waals surface area contributed by atoms with Gasteiger partial charge in [0.2, 0.25) is 0 Å². The summed E-state index contributed by atoms with van der Waals surface area (Å²) < 4.78 is 4.93. The first kappa shape index (κ1) is 8.92. The number of aryl methyl sites for hydroxylation is 1. The van der Waals surface area contributed by atoms with Crippen molar-refractivity contribution < 1.29 is 55.8 Å².